The van der Waals surface area contributed by atoms with E-state index in [4.69, 9.17) is 5.73 Å². The molecular weight excluding hydrogens is 186 g/mol. The summed E-state index contributed by atoms with van der Waals surface area (Å²) in [5, 5.41) is 4.68. The lowest BCUT2D eigenvalue weighted by molar-refractivity contribution is 0.403. The minimum atomic E-state index is 0.220. The molecule has 1 saturated carbocycles. The molecule has 2 aliphatic carbocycles. The van der Waals surface area contributed by atoms with Crippen molar-refractivity contribution in [3.8, 4) is 0 Å². The molecule has 2 N–H and O–H groups in total. The molecule has 0 saturated heterocycles. The summed E-state index contributed by atoms with van der Waals surface area (Å²) in [4.78, 5) is 0. The standard InChI is InChI=1S/C12H19N3/c1-7-3-6-9-10(11(7)13)12(8-4-5-8)14-15(9)2/h7-8,11H,3-6,13H2,1-2H3. The predicted octanol–water partition coefficient (Wildman–Crippen LogP) is 1.88. The summed E-state index contributed by atoms with van der Waals surface area (Å²) in [5.41, 5.74) is 10.4. The van der Waals surface area contributed by atoms with Crippen LogP contribution in [0.25, 0.3) is 0 Å². The summed E-state index contributed by atoms with van der Waals surface area (Å²) in [5.74, 6) is 1.33. The summed E-state index contributed by atoms with van der Waals surface area (Å²) in [7, 11) is 2.06. The highest BCUT2D eigenvalue weighted by molar-refractivity contribution is 5.36. The van der Waals surface area contributed by atoms with E-state index < -0.39 is 0 Å². The van der Waals surface area contributed by atoms with Gasteiger partial charge in [-0.25, -0.2) is 0 Å². The molecule has 2 aliphatic rings. The van der Waals surface area contributed by atoms with Crippen LogP contribution in [0.1, 0.15) is 55.1 Å². The van der Waals surface area contributed by atoms with Gasteiger partial charge in [0.2, 0.25) is 0 Å². The van der Waals surface area contributed by atoms with Gasteiger partial charge in [-0.3, -0.25) is 4.68 Å². The third kappa shape index (κ3) is 1.33. The quantitative estimate of drug-likeness (QED) is 0.760. The van der Waals surface area contributed by atoms with Crippen LogP contribution in [0.4, 0.5) is 0 Å². The molecule has 1 fully saturated rings. The zero-order valence-electron chi connectivity index (χ0n) is 9.53. The number of nitrogens with zero attached hydrogens (tertiary/aromatic N) is 2. The minimum Gasteiger partial charge on any atom is -0.324 e. The number of hydrogen-bond acceptors (Lipinski definition) is 2. The number of rotatable bonds is 1. The fraction of sp³-hybridized carbons (Fsp3) is 0.750. The van der Waals surface area contributed by atoms with Gasteiger partial charge in [0, 0.05) is 30.3 Å². The molecule has 1 aromatic heterocycles. The van der Waals surface area contributed by atoms with Crippen LogP contribution >= 0.6 is 0 Å². The Balaban J connectivity index is 2.11. The van der Waals surface area contributed by atoms with Gasteiger partial charge in [0.1, 0.15) is 0 Å². The summed E-state index contributed by atoms with van der Waals surface area (Å²) in [6.07, 6.45) is 4.98. The Bertz CT molecular complexity index is 390. The van der Waals surface area contributed by atoms with Gasteiger partial charge in [0.25, 0.3) is 0 Å². The van der Waals surface area contributed by atoms with Gasteiger partial charge in [-0.2, -0.15) is 5.10 Å². The van der Waals surface area contributed by atoms with Gasteiger partial charge in [0.15, 0.2) is 0 Å². The first-order chi connectivity index (χ1) is 7.18. The van der Waals surface area contributed by atoms with Crippen LogP contribution in [0.15, 0.2) is 0 Å². The molecule has 0 bridgehead atoms. The van der Waals surface area contributed by atoms with Crippen molar-refractivity contribution >= 4 is 0 Å². The van der Waals surface area contributed by atoms with Crippen molar-refractivity contribution in [1.29, 1.82) is 0 Å². The maximum atomic E-state index is 6.32. The van der Waals surface area contributed by atoms with Crippen LogP contribution < -0.4 is 5.73 Å². The molecule has 15 heavy (non-hydrogen) atoms. The highest BCUT2D eigenvalue weighted by atomic mass is 15.3. The van der Waals surface area contributed by atoms with E-state index in [0.717, 1.165) is 12.3 Å². The van der Waals surface area contributed by atoms with Gasteiger partial charge < -0.3 is 5.73 Å². The van der Waals surface area contributed by atoms with Crippen molar-refractivity contribution < 1.29 is 0 Å². The fourth-order valence-corrected chi connectivity index (χ4v) is 2.74. The first-order valence-corrected chi connectivity index (χ1v) is 5.99. The van der Waals surface area contributed by atoms with E-state index in [-0.39, 0.29) is 6.04 Å². The first-order valence-electron chi connectivity index (χ1n) is 5.99. The summed E-state index contributed by atoms with van der Waals surface area (Å²) >= 11 is 0. The highest BCUT2D eigenvalue weighted by Crippen LogP contribution is 2.45. The van der Waals surface area contributed by atoms with E-state index in [0.29, 0.717) is 5.92 Å². The van der Waals surface area contributed by atoms with Gasteiger partial charge in [-0.15, -0.1) is 0 Å². The second-order valence-electron chi connectivity index (χ2n) is 5.19. The molecule has 2 unspecified atom stereocenters. The molecular formula is C12H19N3. The summed E-state index contributed by atoms with van der Waals surface area (Å²) in [6, 6.07) is 0.220. The van der Waals surface area contributed by atoms with Crippen molar-refractivity contribution in [2.75, 3.05) is 0 Å². The highest BCUT2D eigenvalue weighted by Gasteiger charge is 2.36. The molecule has 0 radical (unpaired) electrons. The average Bonchev–Trinajstić information content (AvgIpc) is 2.98. The molecule has 3 nitrogen and oxygen atoms in total. The molecule has 0 aliphatic heterocycles. The lowest BCUT2D eigenvalue weighted by atomic mass is 9.83. The van der Waals surface area contributed by atoms with Gasteiger partial charge in [0.05, 0.1) is 5.69 Å². The van der Waals surface area contributed by atoms with Crippen LogP contribution in [0.2, 0.25) is 0 Å². The molecule has 3 rings (SSSR count). The molecule has 3 heteroatoms. The van der Waals surface area contributed by atoms with E-state index >= 15 is 0 Å². The van der Waals surface area contributed by atoms with Crippen molar-refractivity contribution in [3.63, 3.8) is 0 Å². The lowest BCUT2D eigenvalue weighted by Gasteiger charge is -2.26. The molecule has 0 spiro atoms. The van der Waals surface area contributed by atoms with Gasteiger partial charge in [-0.05, 0) is 31.6 Å². The smallest absolute Gasteiger partial charge is 0.0706 e. The van der Waals surface area contributed by atoms with Crippen LogP contribution in [-0.2, 0) is 13.5 Å². The largest absolute Gasteiger partial charge is 0.324 e. The first kappa shape index (κ1) is 9.40. The van der Waals surface area contributed by atoms with E-state index in [1.54, 1.807) is 0 Å². The number of nitrogens with two attached hydrogens (primary N) is 1. The predicted molar refractivity (Wildman–Crippen MR) is 59.6 cm³/mol. The van der Waals surface area contributed by atoms with Crippen LogP contribution in [0.3, 0.4) is 0 Å². The lowest BCUT2D eigenvalue weighted by Crippen LogP contribution is -2.26. The van der Waals surface area contributed by atoms with E-state index in [1.165, 1.54) is 36.2 Å². The third-order valence-corrected chi connectivity index (χ3v) is 3.98. The van der Waals surface area contributed by atoms with Crippen LogP contribution in [0.5, 0.6) is 0 Å². The topological polar surface area (TPSA) is 43.8 Å². The monoisotopic (exact) mass is 205 g/mol. The summed E-state index contributed by atoms with van der Waals surface area (Å²) in [6.45, 7) is 2.26. The zero-order chi connectivity index (χ0) is 10.6. The number of aryl methyl sites for hydroxylation is 1. The van der Waals surface area contributed by atoms with E-state index in [2.05, 4.69) is 23.8 Å². The number of hydrogen-bond donors (Lipinski definition) is 1. The molecule has 0 aromatic carbocycles. The molecule has 0 amide bonds. The van der Waals surface area contributed by atoms with Crippen LogP contribution in [-0.4, -0.2) is 9.78 Å². The zero-order valence-corrected chi connectivity index (χ0v) is 9.53. The second-order valence-corrected chi connectivity index (χ2v) is 5.19. The van der Waals surface area contributed by atoms with Gasteiger partial charge in [-0.1, -0.05) is 6.92 Å². The summed E-state index contributed by atoms with van der Waals surface area (Å²) < 4.78 is 2.06. The molecule has 82 valence electrons. The Morgan fingerprint density at radius 3 is 2.73 bits per heavy atom. The number of aromatic nitrogens is 2. The second kappa shape index (κ2) is 3.08. The van der Waals surface area contributed by atoms with Crippen molar-refractivity contribution in [3.05, 3.63) is 17.0 Å². The van der Waals surface area contributed by atoms with Crippen molar-refractivity contribution in [2.45, 2.75) is 44.6 Å². The minimum absolute atomic E-state index is 0.220. The maximum Gasteiger partial charge on any atom is 0.0706 e. The molecule has 1 heterocycles. The normalized spacial score (nSPS) is 30.3. The fourth-order valence-electron chi connectivity index (χ4n) is 2.74. The Labute approximate surface area is 90.7 Å². The third-order valence-electron chi connectivity index (χ3n) is 3.98. The Morgan fingerprint density at radius 1 is 1.33 bits per heavy atom. The van der Waals surface area contributed by atoms with Crippen molar-refractivity contribution in [1.82, 2.24) is 9.78 Å². The Hall–Kier alpha value is -0.830. The molecule has 1 aromatic rings. The Morgan fingerprint density at radius 2 is 2.07 bits per heavy atom. The SMILES string of the molecule is CC1CCc2c(c(C3CC3)nn2C)C1N. The van der Waals surface area contributed by atoms with E-state index in [1.807, 2.05) is 0 Å². The van der Waals surface area contributed by atoms with Crippen LogP contribution in [0, 0.1) is 5.92 Å². The Kier molecular flexibility index (Phi) is 1.93. The average molecular weight is 205 g/mol. The van der Waals surface area contributed by atoms with Gasteiger partial charge >= 0.3 is 0 Å². The van der Waals surface area contributed by atoms with E-state index in [9.17, 15) is 0 Å². The van der Waals surface area contributed by atoms with Crippen molar-refractivity contribution in [2.24, 2.45) is 18.7 Å². The molecule has 2 atom stereocenters. The maximum absolute atomic E-state index is 6.32. The number of fused-ring (bicyclic) bond motifs is 1.